The van der Waals surface area contributed by atoms with Crippen LogP contribution in [0.3, 0.4) is 0 Å². The maximum absolute atomic E-state index is 12.5. The Morgan fingerprint density at radius 2 is 2.24 bits per heavy atom. The minimum Gasteiger partial charge on any atom is -0.477 e. The SMILES string of the molecule is C=CCN(CCOC)S(=O)(=O)c1cc(C(=O)O)n(CC)c1. The van der Waals surface area contributed by atoms with Crippen LogP contribution in [0.4, 0.5) is 0 Å². The van der Waals surface area contributed by atoms with Crippen molar-refractivity contribution in [3.8, 4) is 0 Å². The van der Waals surface area contributed by atoms with E-state index >= 15 is 0 Å². The molecule has 0 aliphatic rings. The Morgan fingerprint density at radius 3 is 2.67 bits per heavy atom. The molecule has 8 heteroatoms. The zero-order valence-corrected chi connectivity index (χ0v) is 13.0. The molecular weight excluding hydrogens is 296 g/mol. The summed E-state index contributed by atoms with van der Waals surface area (Å²) in [5.41, 5.74) is -0.0543. The first-order chi connectivity index (χ1) is 9.88. The van der Waals surface area contributed by atoms with E-state index in [-0.39, 0.29) is 30.3 Å². The van der Waals surface area contributed by atoms with Gasteiger partial charge < -0.3 is 14.4 Å². The molecule has 1 N–H and O–H groups in total. The number of aromatic carboxylic acids is 1. The van der Waals surface area contributed by atoms with Crippen LogP contribution in [0.2, 0.25) is 0 Å². The Labute approximate surface area is 124 Å². The minimum atomic E-state index is -3.78. The molecule has 0 bridgehead atoms. The maximum Gasteiger partial charge on any atom is 0.352 e. The Bertz CT molecular complexity index is 606. The summed E-state index contributed by atoms with van der Waals surface area (Å²) in [4.78, 5) is 11.1. The van der Waals surface area contributed by atoms with Crippen LogP contribution in [-0.4, -0.2) is 55.2 Å². The lowest BCUT2D eigenvalue weighted by Gasteiger charge is -2.19. The molecule has 0 aliphatic carbocycles. The fraction of sp³-hybridized carbons (Fsp3) is 0.462. The van der Waals surface area contributed by atoms with Crippen LogP contribution < -0.4 is 0 Å². The number of nitrogens with zero attached hydrogens (tertiary/aromatic N) is 2. The van der Waals surface area contributed by atoms with E-state index in [0.29, 0.717) is 6.54 Å². The standard InChI is InChI=1S/C13H20N2O5S/c1-4-6-15(7-8-20-3)21(18,19)11-9-12(13(16)17)14(5-2)10-11/h4,9-10H,1,5-8H2,2-3H3,(H,16,17). The quantitative estimate of drug-likeness (QED) is 0.687. The van der Waals surface area contributed by atoms with Gasteiger partial charge in [0.05, 0.1) is 6.61 Å². The van der Waals surface area contributed by atoms with Crippen molar-refractivity contribution in [2.45, 2.75) is 18.4 Å². The van der Waals surface area contributed by atoms with E-state index in [0.717, 1.165) is 0 Å². The molecule has 0 saturated carbocycles. The van der Waals surface area contributed by atoms with Crippen molar-refractivity contribution < 1.29 is 23.1 Å². The van der Waals surface area contributed by atoms with Gasteiger partial charge in [-0.3, -0.25) is 0 Å². The van der Waals surface area contributed by atoms with Crippen molar-refractivity contribution in [1.82, 2.24) is 8.87 Å². The van der Waals surface area contributed by atoms with Crippen LogP contribution in [-0.2, 0) is 21.3 Å². The number of methoxy groups -OCH3 is 1. The smallest absolute Gasteiger partial charge is 0.352 e. The molecule has 7 nitrogen and oxygen atoms in total. The van der Waals surface area contributed by atoms with Gasteiger partial charge in [0.2, 0.25) is 10.0 Å². The monoisotopic (exact) mass is 316 g/mol. The number of hydrogen-bond acceptors (Lipinski definition) is 4. The molecule has 0 saturated heterocycles. The Balaban J connectivity index is 3.21. The second-order valence-corrected chi connectivity index (χ2v) is 6.23. The van der Waals surface area contributed by atoms with Gasteiger partial charge in [-0.1, -0.05) is 6.08 Å². The summed E-state index contributed by atoms with van der Waals surface area (Å²) in [7, 11) is -2.30. The highest BCUT2D eigenvalue weighted by atomic mass is 32.2. The molecule has 1 heterocycles. The molecule has 118 valence electrons. The molecule has 0 radical (unpaired) electrons. The second-order valence-electron chi connectivity index (χ2n) is 4.30. The van der Waals surface area contributed by atoms with Crippen molar-refractivity contribution in [2.24, 2.45) is 0 Å². The molecule has 0 unspecified atom stereocenters. The van der Waals surface area contributed by atoms with E-state index in [9.17, 15) is 13.2 Å². The summed E-state index contributed by atoms with van der Waals surface area (Å²) in [5.74, 6) is -1.16. The lowest BCUT2D eigenvalue weighted by molar-refractivity contribution is 0.0685. The molecule has 1 aromatic heterocycles. The average molecular weight is 316 g/mol. The molecule has 1 aromatic rings. The van der Waals surface area contributed by atoms with Crippen molar-refractivity contribution in [3.63, 3.8) is 0 Å². The van der Waals surface area contributed by atoms with E-state index in [1.807, 2.05) is 0 Å². The number of rotatable bonds is 9. The molecule has 0 spiro atoms. The summed E-state index contributed by atoms with van der Waals surface area (Å²) in [5, 5.41) is 9.09. The lowest BCUT2D eigenvalue weighted by atomic mass is 10.4. The number of sulfonamides is 1. The highest BCUT2D eigenvalue weighted by molar-refractivity contribution is 7.89. The van der Waals surface area contributed by atoms with Gasteiger partial charge in [-0.2, -0.15) is 4.31 Å². The third-order valence-corrected chi connectivity index (χ3v) is 4.78. The zero-order valence-electron chi connectivity index (χ0n) is 12.2. The van der Waals surface area contributed by atoms with Gasteiger partial charge in [0.15, 0.2) is 0 Å². The van der Waals surface area contributed by atoms with Gasteiger partial charge >= 0.3 is 5.97 Å². The number of aromatic nitrogens is 1. The summed E-state index contributed by atoms with van der Waals surface area (Å²) < 4.78 is 32.6. The van der Waals surface area contributed by atoms with Crippen LogP contribution in [0.5, 0.6) is 0 Å². The van der Waals surface area contributed by atoms with Gasteiger partial charge in [-0.05, 0) is 13.0 Å². The van der Waals surface area contributed by atoms with Crippen molar-refractivity contribution in [2.75, 3.05) is 26.8 Å². The fourth-order valence-corrected chi connectivity index (χ4v) is 3.30. The molecule has 0 atom stereocenters. The largest absolute Gasteiger partial charge is 0.477 e. The number of aryl methyl sites for hydroxylation is 1. The first-order valence-electron chi connectivity index (χ1n) is 6.41. The van der Waals surface area contributed by atoms with Gasteiger partial charge in [-0.25, -0.2) is 13.2 Å². The van der Waals surface area contributed by atoms with Gasteiger partial charge in [0.25, 0.3) is 0 Å². The Morgan fingerprint density at radius 1 is 1.57 bits per heavy atom. The molecule has 21 heavy (non-hydrogen) atoms. The number of carboxylic acids is 1. The highest BCUT2D eigenvalue weighted by Gasteiger charge is 2.26. The minimum absolute atomic E-state index is 0.0419. The van der Waals surface area contributed by atoms with E-state index in [2.05, 4.69) is 6.58 Å². The maximum atomic E-state index is 12.5. The van der Waals surface area contributed by atoms with E-state index < -0.39 is 16.0 Å². The van der Waals surface area contributed by atoms with Gasteiger partial charge in [0.1, 0.15) is 10.6 Å². The lowest BCUT2D eigenvalue weighted by Crippen LogP contribution is -2.33. The normalized spacial score (nSPS) is 11.8. The second kappa shape index (κ2) is 7.39. The fourth-order valence-electron chi connectivity index (χ4n) is 1.86. The summed E-state index contributed by atoms with van der Waals surface area (Å²) >= 11 is 0. The molecule has 1 rings (SSSR count). The number of ether oxygens (including phenoxy) is 1. The van der Waals surface area contributed by atoms with E-state index in [1.54, 1.807) is 6.92 Å². The summed E-state index contributed by atoms with van der Waals surface area (Å²) in [6.07, 6.45) is 2.81. The topological polar surface area (TPSA) is 88.8 Å². The predicted molar refractivity (Wildman–Crippen MR) is 77.9 cm³/mol. The zero-order chi connectivity index (χ0) is 16.0. The van der Waals surface area contributed by atoms with Crippen LogP contribution in [0.1, 0.15) is 17.4 Å². The van der Waals surface area contributed by atoms with Crippen LogP contribution in [0.15, 0.2) is 29.8 Å². The van der Waals surface area contributed by atoms with E-state index in [1.165, 1.54) is 34.3 Å². The third-order valence-electron chi connectivity index (χ3n) is 2.95. The third kappa shape index (κ3) is 3.93. The molecule has 0 aromatic carbocycles. The average Bonchev–Trinajstić information content (AvgIpc) is 2.88. The number of hydrogen-bond donors (Lipinski definition) is 1. The Hall–Kier alpha value is -1.64. The highest BCUT2D eigenvalue weighted by Crippen LogP contribution is 2.19. The van der Waals surface area contributed by atoms with Crippen molar-refractivity contribution in [3.05, 3.63) is 30.6 Å². The van der Waals surface area contributed by atoms with Crippen molar-refractivity contribution in [1.29, 1.82) is 0 Å². The van der Waals surface area contributed by atoms with Crippen molar-refractivity contribution >= 4 is 16.0 Å². The van der Waals surface area contributed by atoms with Crippen LogP contribution >= 0.6 is 0 Å². The predicted octanol–water partition coefficient (Wildman–Crippen LogP) is 1.03. The first-order valence-corrected chi connectivity index (χ1v) is 7.85. The molecule has 0 aliphatic heterocycles. The summed E-state index contributed by atoms with van der Waals surface area (Å²) in [6.45, 7) is 6.20. The first kappa shape index (κ1) is 17.4. The number of carboxylic acid groups (broad SMARTS) is 1. The summed E-state index contributed by atoms with van der Waals surface area (Å²) in [6, 6.07) is 1.17. The number of carbonyl (C=O) groups is 1. The molecule has 0 amide bonds. The van der Waals surface area contributed by atoms with Crippen LogP contribution in [0.25, 0.3) is 0 Å². The molecular formula is C13H20N2O5S. The van der Waals surface area contributed by atoms with Gasteiger partial charge in [-0.15, -0.1) is 6.58 Å². The Kier molecular flexibility index (Phi) is 6.13. The molecule has 0 fully saturated rings. The van der Waals surface area contributed by atoms with Crippen LogP contribution in [0, 0.1) is 0 Å². The van der Waals surface area contributed by atoms with Gasteiger partial charge in [0, 0.05) is 32.9 Å². The van der Waals surface area contributed by atoms with E-state index in [4.69, 9.17) is 9.84 Å².